The number of carbonyl (C=O) groups excluding carboxylic acids is 1. The maximum atomic E-state index is 13.0. The van der Waals surface area contributed by atoms with E-state index in [0.717, 1.165) is 5.56 Å². The van der Waals surface area contributed by atoms with Gasteiger partial charge in [-0.05, 0) is 42.8 Å². The molecule has 0 saturated heterocycles. The summed E-state index contributed by atoms with van der Waals surface area (Å²) in [5.74, 6) is -0.204. The van der Waals surface area contributed by atoms with Crippen LogP contribution in [0.4, 0.5) is 5.69 Å². The van der Waals surface area contributed by atoms with Gasteiger partial charge in [0.15, 0.2) is 0 Å². The third kappa shape index (κ3) is 6.10. The highest BCUT2D eigenvalue weighted by molar-refractivity contribution is 7.89. The number of hydrogen-bond acceptors (Lipinski definition) is 4. The number of benzene rings is 2. The molecule has 2 aromatic carbocycles. The molecule has 26 heavy (non-hydrogen) atoms. The van der Waals surface area contributed by atoms with Gasteiger partial charge in [0.25, 0.3) is 0 Å². The molecule has 0 bridgehead atoms. The summed E-state index contributed by atoms with van der Waals surface area (Å²) >= 11 is 0. The first-order valence-corrected chi connectivity index (χ1v) is 9.49. The summed E-state index contributed by atoms with van der Waals surface area (Å²) in [4.78, 5) is 11.3. The van der Waals surface area contributed by atoms with E-state index in [9.17, 15) is 13.2 Å². The van der Waals surface area contributed by atoms with Crippen LogP contribution in [0.2, 0.25) is 0 Å². The van der Waals surface area contributed by atoms with Crippen LogP contribution in [-0.2, 0) is 21.4 Å². The zero-order valence-corrected chi connectivity index (χ0v) is 16.2. The predicted octanol–water partition coefficient (Wildman–Crippen LogP) is 2.61. The van der Waals surface area contributed by atoms with Crippen molar-refractivity contribution in [2.75, 3.05) is 18.4 Å². The molecule has 0 saturated carbocycles. The Bertz CT molecular complexity index is 796. The van der Waals surface area contributed by atoms with Gasteiger partial charge in [0, 0.05) is 25.7 Å². The number of amides is 1. The van der Waals surface area contributed by atoms with E-state index in [2.05, 4.69) is 5.32 Å². The molecule has 3 N–H and O–H groups in total. The fraction of sp³-hybridized carbons (Fsp3) is 0.278. The average molecular weight is 398 g/mol. The van der Waals surface area contributed by atoms with E-state index in [1.165, 1.54) is 23.4 Å². The lowest BCUT2D eigenvalue weighted by molar-refractivity contribution is -0.114. The van der Waals surface area contributed by atoms with Crippen LogP contribution in [0.15, 0.2) is 59.5 Å². The quantitative estimate of drug-likeness (QED) is 0.716. The van der Waals surface area contributed by atoms with Crippen molar-refractivity contribution in [3.63, 3.8) is 0 Å². The van der Waals surface area contributed by atoms with E-state index in [1.54, 1.807) is 12.1 Å². The number of halogens is 1. The normalized spacial score (nSPS) is 11.0. The molecule has 142 valence electrons. The van der Waals surface area contributed by atoms with Gasteiger partial charge in [-0.15, -0.1) is 12.4 Å². The van der Waals surface area contributed by atoms with Gasteiger partial charge in [-0.2, -0.15) is 4.31 Å². The van der Waals surface area contributed by atoms with Crippen molar-refractivity contribution in [1.82, 2.24) is 4.31 Å². The average Bonchev–Trinajstić information content (AvgIpc) is 2.59. The van der Waals surface area contributed by atoms with Crippen LogP contribution in [0.25, 0.3) is 0 Å². The van der Waals surface area contributed by atoms with E-state index in [-0.39, 0.29) is 29.8 Å². The number of hydrogen-bond donors (Lipinski definition) is 2. The second-order valence-corrected chi connectivity index (χ2v) is 7.61. The number of sulfonamides is 1. The van der Waals surface area contributed by atoms with E-state index >= 15 is 0 Å². The lowest BCUT2D eigenvalue weighted by Gasteiger charge is -2.22. The standard InChI is InChI=1S/C18H23N3O3S.ClH/c1-15(22)20-17-8-10-18(11-9-17)25(23,24)21(13-5-12-19)14-16-6-3-2-4-7-16;/h2-4,6-11H,5,12-14,19H2,1H3,(H,20,22);1H. The van der Waals surface area contributed by atoms with Gasteiger partial charge < -0.3 is 11.1 Å². The zero-order chi connectivity index (χ0) is 18.3. The number of nitrogens with zero attached hydrogens (tertiary/aromatic N) is 1. The number of anilines is 1. The van der Waals surface area contributed by atoms with Crippen LogP contribution in [0, 0.1) is 0 Å². The molecular formula is C18H24ClN3O3S. The van der Waals surface area contributed by atoms with E-state index in [4.69, 9.17) is 5.73 Å². The number of rotatable bonds is 8. The number of carbonyl (C=O) groups is 1. The molecule has 0 spiro atoms. The minimum atomic E-state index is -3.65. The van der Waals surface area contributed by atoms with Gasteiger partial charge in [0.1, 0.15) is 0 Å². The molecule has 8 heteroatoms. The molecule has 1 amide bonds. The topological polar surface area (TPSA) is 92.5 Å². The van der Waals surface area contributed by atoms with Gasteiger partial charge in [0.2, 0.25) is 15.9 Å². The van der Waals surface area contributed by atoms with Crippen molar-refractivity contribution in [2.24, 2.45) is 5.73 Å². The summed E-state index contributed by atoms with van der Waals surface area (Å²) in [7, 11) is -3.65. The van der Waals surface area contributed by atoms with Crippen LogP contribution in [-0.4, -0.2) is 31.7 Å². The first-order chi connectivity index (χ1) is 11.9. The van der Waals surface area contributed by atoms with Crippen molar-refractivity contribution in [3.8, 4) is 0 Å². The summed E-state index contributed by atoms with van der Waals surface area (Å²) in [5.41, 5.74) is 7.03. The Morgan fingerprint density at radius 1 is 1.08 bits per heavy atom. The van der Waals surface area contributed by atoms with Crippen molar-refractivity contribution in [2.45, 2.75) is 24.8 Å². The molecule has 0 atom stereocenters. The molecule has 0 unspecified atom stereocenters. The molecule has 6 nitrogen and oxygen atoms in total. The molecule has 0 aliphatic carbocycles. The van der Waals surface area contributed by atoms with Gasteiger partial charge >= 0.3 is 0 Å². The molecule has 0 aliphatic rings. The molecule has 0 aromatic heterocycles. The van der Waals surface area contributed by atoms with Gasteiger partial charge in [-0.25, -0.2) is 8.42 Å². The van der Waals surface area contributed by atoms with Crippen LogP contribution in [0.5, 0.6) is 0 Å². The number of nitrogens with one attached hydrogen (secondary N) is 1. The van der Waals surface area contributed by atoms with Crippen molar-refractivity contribution >= 4 is 34.0 Å². The zero-order valence-electron chi connectivity index (χ0n) is 14.6. The Labute approximate surface area is 160 Å². The predicted molar refractivity (Wildman–Crippen MR) is 106 cm³/mol. The Morgan fingerprint density at radius 2 is 1.69 bits per heavy atom. The van der Waals surface area contributed by atoms with Gasteiger partial charge in [-0.3, -0.25) is 4.79 Å². The van der Waals surface area contributed by atoms with Crippen molar-refractivity contribution in [1.29, 1.82) is 0 Å². The second kappa shape index (κ2) is 10.3. The van der Waals surface area contributed by atoms with Gasteiger partial charge in [0.05, 0.1) is 4.90 Å². The molecule has 2 rings (SSSR count). The smallest absolute Gasteiger partial charge is 0.243 e. The maximum Gasteiger partial charge on any atom is 0.243 e. The summed E-state index contributed by atoms with van der Waals surface area (Å²) in [5, 5.41) is 2.62. The molecule has 0 heterocycles. The fourth-order valence-corrected chi connectivity index (χ4v) is 3.87. The Balaban J connectivity index is 0.00000338. The van der Waals surface area contributed by atoms with Crippen LogP contribution < -0.4 is 11.1 Å². The van der Waals surface area contributed by atoms with E-state index in [1.807, 2.05) is 30.3 Å². The molecule has 0 fully saturated rings. The highest BCUT2D eigenvalue weighted by Crippen LogP contribution is 2.21. The second-order valence-electron chi connectivity index (χ2n) is 5.67. The molecular weight excluding hydrogens is 374 g/mol. The highest BCUT2D eigenvalue weighted by atomic mass is 35.5. The maximum absolute atomic E-state index is 13.0. The SMILES string of the molecule is CC(=O)Nc1ccc(S(=O)(=O)N(CCCN)Cc2ccccc2)cc1.Cl. The Hall–Kier alpha value is -1.93. The highest BCUT2D eigenvalue weighted by Gasteiger charge is 2.24. The lowest BCUT2D eigenvalue weighted by Crippen LogP contribution is -2.32. The first-order valence-electron chi connectivity index (χ1n) is 8.05. The summed E-state index contributed by atoms with van der Waals surface area (Å²) in [6.07, 6.45) is 0.579. The summed E-state index contributed by atoms with van der Waals surface area (Å²) < 4.78 is 27.4. The largest absolute Gasteiger partial charge is 0.330 e. The Morgan fingerprint density at radius 3 is 2.23 bits per heavy atom. The van der Waals surface area contributed by atoms with E-state index < -0.39 is 10.0 Å². The minimum absolute atomic E-state index is 0. The fourth-order valence-electron chi connectivity index (χ4n) is 2.40. The van der Waals surface area contributed by atoms with Crippen molar-refractivity contribution < 1.29 is 13.2 Å². The lowest BCUT2D eigenvalue weighted by atomic mass is 10.2. The molecule has 0 radical (unpaired) electrons. The van der Waals surface area contributed by atoms with Crippen molar-refractivity contribution in [3.05, 3.63) is 60.2 Å². The van der Waals surface area contributed by atoms with Crippen LogP contribution in [0.3, 0.4) is 0 Å². The van der Waals surface area contributed by atoms with Gasteiger partial charge in [-0.1, -0.05) is 30.3 Å². The Kier molecular flexibility index (Phi) is 8.74. The first kappa shape index (κ1) is 22.1. The summed E-state index contributed by atoms with van der Waals surface area (Å²) in [6, 6.07) is 15.6. The third-order valence-electron chi connectivity index (χ3n) is 3.63. The minimum Gasteiger partial charge on any atom is -0.330 e. The third-order valence-corrected chi connectivity index (χ3v) is 5.49. The van der Waals surface area contributed by atoms with Crippen LogP contribution >= 0.6 is 12.4 Å². The van der Waals surface area contributed by atoms with E-state index in [0.29, 0.717) is 25.2 Å². The molecule has 2 aromatic rings. The number of nitrogens with two attached hydrogens (primary N) is 1. The van der Waals surface area contributed by atoms with Crippen LogP contribution in [0.1, 0.15) is 18.9 Å². The summed E-state index contributed by atoms with van der Waals surface area (Å²) in [6.45, 7) is 2.46. The molecule has 0 aliphatic heterocycles. The monoisotopic (exact) mass is 397 g/mol.